The number of sulfonamides is 1. The Morgan fingerprint density at radius 1 is 1.17 bits per heavy atom. The fraction of sp³-hybridized carbons (Fsp3) is 0.278. The van der Waals surface area contributed by atoms with E-state index in [0.29, 0.717) is 13.0 Å². The predicted molar refractivity (Wildman–Crippen MR) is 91.8 cm³/mol. The molecule has 0 amide bonds. The minimum absolute atomic E-state index is 0.0309. The van der Waals surface area contributed by atoms with Gasteiger partial charge in [-0.2, -0.15) is 0 Å². The van der Waals surface area contributed by atoms with E-state index in [4.69, 9.17) is 5.11 Å². The molecule has 24 heavy (non-hydrogen) atoms. The van der Waals surface area contributed by atoms with Gasteiger partial charge in [0.25, 0.3) is 10.0 Å². The molecule has 5 nitrogen and oxygen atoms in total. The van der Waals surface area contributed by atoms with Crippen LogP contribution < -0.4 is 4.31 Å². The van der Waals surface area contributed by atoms with Crippen molar-refractivity contribution in [2.24, 2.45) is 0 Å². The van der Waals surface area contributed by atoms with E-state index in [1.807, 2.05) is 31.2 Å². The molecule has 3 rings (SSSR count). The van der Waals surface area contributed by atoms with Crippen molar-refractivity contribution in [3.63, 3.8) is 0 Å². The van der Waals surface area contributed by atoms with Crippen molar-refractivity contribution in [1.29, 1.82) is 0 Å². The van der Waals surface area contributed by atoms with Gasteiger partial charge in [0.15, 0.2) is 0 Å². The summed E-state index contributed by atoms with van der Waals surface area (Å²) >= 11 is 0. The standard InChI is InChI=1S/C18H19NO4S/c1-13-12-19(17-5-3-2-4-16(13)17)24(22,23)15-9-6-14(7-10-15)8-11-18(20)21/h2-7,9-10,13H,8,11-12H2,1H3,(H,20,21). The highest BCUT2D eigenvalue weighted by Crippen LogP contribution is 2.39. The maximum atomic E-state index is 13.0. The fourth-order valence-corrected chi connectivity index (χ4v) is 4.59. The summed E-state index contributed by atoms with van der Waals surface area (Å²) in [6.45, 7) is 2.45. The van der Waals surface area contributed by atoms with Gasteiger partial charge in [0.1, 0.15) is 0 Å². The zero-order chi connectivity index (χ0) is 17.3. The Labute approximate surface area is 141 Å². The van der Waals surface area contributed by atoms with Crippen molar-refractivity contribution in [1.82, 2.24) is 0 Å². The summed E-state index contributed by atoms with van der Waals surface area (Å²) in [4.78, 5) is 10.8. The van der Waals surface area contributed by atoms with Gasteiger partial charge in [-0.3, -0.25) is 9.10 Å². The van der Waals surface area contributed by atoms with E-state index in [1.165, 1.54) is 4.31 Å². The number of aryl methyl sites for hydroxylation is 1. The average Bonchev–Trinajstić information content (AvgIpc) is 2.91. The number of hydrogen-bond acceptors (Lipinski definition) is 3. The smallest absolute Gasteiger partial charge is 0.303 e. The summed E-state index contributed by atoms with van der Waals surface area (Å²) in [5.74, 6) is -0.708. The van der Waals surface area contributed by atoms with Crippen LogP contribution in [0.3, 0.4) is 0 Å². The van der Waals surface area contributed by atoms with Crippen molar-refractivity contribution in [2.45, 2.75) is 30.6 Å². The molecule has 1 N–H and O–H groups in total. The molecule has 0 aromatic heterocycles. The SMILES string of the molecule is CC1CN(S(=O)(=O)c2ccc(CCC(=O)O)cc2)c2ccccc21. The van der Waals surface area contributed by atoms with Gasteiger partial charge in [-0.25, -0.2) is 8.42 Å². The summed E-state index contributed by atoms with van der Waals surface area (Å²) in [6, 6.07) is 14.0. The third kappa shape index (κ3) is 3.01. The molecule has 2 aromatic carbocycles. The molecule has 1 aliphatic heterocycles. The van der Waals surface area contributed by atoms with Crippen molar-refractivity contribution in [3.05, 3.63) is 59.7 Å². The Morgan fingerprint density at radius 3 is 2.50 bits per heavy atom. The molecule has 0 spiro atoms. The topological polar surface area (TPSA) is 74.7 Å². The van der Waals surface area contributed by atoms with E-state index in [-0.39, 0.29) is 17.2 Å². The molecular weight excluding hydrogens is 326 g/mol. The van der Waals surface area contributed by atoms with Gasteiger partial charge in [-0.15, -0.1) is 0 Å². The van der Waals surface area contributed by atoms with Gasteiger partial charge in [-0.1, -0.05) is 37.3 Å². The number of fused-ring (bicyclic) bond motifs is 1. The lowest BCUT2D eigenvalue weighted by atomic mass is 10.0. The van der Waals surface area contributed by atoms with Crippen LogP contribution in [0.25, 0.3) is 0 Å². The summed E-state index contributed by atoms with van der Waals surface area (Å²) in [7, 11) is -3.62. The molecular formula is C18H19NO4S. The van der Waals surface area contributed by atoms with Crippen LogP contribution in [-0.2, 0) is 21.2 Å². The van der Waals surface area contributed by atoms with Crippen molar-refractivity contribution >= 4 is 21.7 Å². The number of anilines is 1. The molecule has 6 heteroatoms. The normalized spacial score (nSPS) is 16.9. The largest absolute Gasteiger partial charge is 0.481 e. The molecule has 0 radical (unpaired) electrons. The van der Waals surface area contributed by atoms with Crippen molar-refractivity contribution < 1.29 is 18.3 Å². The van der Waals surface area contributed by atoms with Crippen LogP contribution >= 0.6 is 0 Å². The third-order valence-electron chi connectivity index (χ3n) is 4.31. The van der Waals surface area contributed by atoms with Gasteiger partial charge in [0.2, 0.25) is 0 Å². The Balaban J connectivity index is 1.88. The second kappa shape index (κ2) is 6.28. The molecule has 0 aliphatic carbocycles. The summed E-state index contributed by atoms with van der Waals surface area (Å²) in [6.07, 6.45) is 0.419. The lowest BCUT2D eigenvalue weighted by molar-refractivity contribution is -0.136. The van der Waals surface area contributed by atoms with E-state index in [1.54, 1.807) is 24.3 Å². The number of hydrogen-bond donors (Lipinski definition) is 1. The first-order valence-electron chi connectivity index (χ1n) is 7.82. The number of benzene rings is 2. The number of carboxylic acids is 1. The molecule has 1 atom stereocenters. The number of aliphatic carboxylic acids is 1. The maximum absolute atomic E-state index is 13.0. The number of para-hydroxylation sites is 1. The molecule has 1 unspecified atom stereocenters. The quantitative estimate of drug-likeness (QED) is 0.904. The van der Waals surface area contributed by atoms with Crippen LogP contribution in [0.15, 0.2) is 53.4 Å². The summed E-state index contributed by atoms with van der Waals surface area (Å²) in [5.41, 5.74) is 2.59. The minimum atomic E-state index is -3.62. The Morgan fingerprint density at radius 2 is 1.83 bits per heavy atom. The van der Waals surface area contributed by atoms with Crippen LogP contribution in [0, 0.1) is 0 Å². The Kier molecular flexibility index (Phi) is 4.32. The zero-order valence-corrected chi connectivity index (χ0v) is 14.2. The summed E-state index contributed by atoms with van der Waals surface area (Å²) in [5, 5.41) is 8.72. The first-order chi connectivity index (χ1) is 11.4. The molecule has 126 valence electrons. The molecule has 1 heterocycles. The van der Waals surface area contributed by atoms with Crippen LogP contribution in [-0.4, -0.2) is 26.0 Å². The monoisotopic (exact) mass is 345 g/mol. The first-order valence-corrected chi connectivity index (χ1v) is 9.26. The van der Waals surface area contributed by atoms with E-state index in [9.17, 15) is 13.2 Å². The van der Waals surface area contributed by atoms with Gasteiger partial charge in [0.05, 0.1) is 10.6 Å². The second-order valence-corrected chi connectivity index (χ2v) is 7.90. The lowest BCUT2D eigenvalue weighted by Gasteiger charge is -2.20. The molecule has 2 aromatic rings. The Bertz CT molecular complexity index is 859. The number of nitrogens with zero attached hydrogens (tertiary/aromatic N) is 1. The first kappa shape index (κ1) is 16.5. The Hall–Kier alpha value is -2.34. The zero-order valence-electron chi connectivity index (χ0n) is 13.3. The van der Waals surface area contributed by atoms with Crippen molar-refractivity contribution in [3.8, 4) is 0 Å². The highest BCUT2D eigenvalue weighted by atomic mass is 32.2. The number of rotatable bonds is 5. The molecule has 0 saturated carbocycles. The van der Waals surface area contributed by atoms with E-state index < -0.39 is 16.0 Å². The summed E-state index contributed by atoms with van der Waals surface area (Å²) < 4.78 is 27.4. The molecule has 0 saturated heterocycles. The molecule has 1 aliphatic rings. The fourth-order valence-electron chi connectivity index (χ4n) is 3.01. The highest BCUT2D eigenvalue weighted by molar-refractivity contribution is 7.92. The highest BCUT2D eigenvalue weighted by Gasteiger charge is 2.34. The van der Waals surface area contributed by atoms with E-state index in [0.717, 1.165) is 16.8 Å². The third-order valence-corrected chi connectivity index (χ3v) is 6.11. The molecule has 0 fully saturated rings. The average molecular weight is 345 g/mol. The van der Waals surface area contributed by atoms with Crippen LogP contribution in [0.1, 0.15) is 30.4 Å². The number of carboxylic acid groups (broad SMARTS) is 1. The lowest BCUT2D eigenvalue weighted by Crippen LogP contribution is -2.29. The van der Waals surface area contributed by atoms with Crippen LogP contribution in [0.5, 0.6) is 0 Å². The van der Waals surface area contributed by atoms with Crippen LogP contribution in [0.2, 0.25) is 0 Å². The number of carbonyl (C=O) groups is 1. The van der Waals surface area contributed by atoms with Crippen LogP contribution in [0.4, 0.5) is 5.69 Å². The van der Waals surface area contributed by atoms with E-state index in [2.05, 4.69) is 0 Å². The van der Waals surface area contributed by atoms with E-state index >= 15 is 0 Å². The van der Waals surface area contributed by atoms with Gasteiger partial charge >= 0.3 is 5.97 Å². The predicted octanol–water partition coefficient (Wildman–Crippen LogP) is 3.02. The maximum Gasteiger partial charge on any atom is 0.303 e. The van der Waals surface area contributed by atoms with Crippen molar-refractivity contribution in [2.75, 3.05) is 10.8 Å². The van der Waals surface area contributed by atoms with Gasteiger partial charge in [0, 0.05) is 18.9 Å². The second-order valence-electron chi connectivity index (χ2n) is 6.03. The van der Waals surface area contributed by atoms with Gasteiger partial charge in [-0.05, 0) is 35.7 Å². The molecule has 0 bridgehead atoms. The minimum Gasteiger partial charge on any atom is -0.481 e. The van der Waals surface area contributed by atoms with Gasteiger partial charge < -0.3 is 5.11 Å².